The smallest absolute Gasteiger partial charge is 0.224 e. The average molecular weight is 417 g/mol. The number of hydrogen-bond donors (Lipinski definition) is 1. The summed E-state index contributed by atoms with van der Waals surface area (Å²) in [7, 11) is 1.68. The Balaban J connectivity index is 1.63. The van der Waals surface area contributed by atoms with Crippen LogP contribution in [-0.4, -0.2) is 37.6 Å². The first-order valence-electron chi connectivity index (χ1n) is 9.05. The summed E-state index contributed by atoms with van der Waals surface area (Å²) in [6, 6.07) is 16.3. The van der Waals surface area contributed by atoms with E-state index in [4.69, 9.17) is 4.74 Å². The quantitative estimate of drug-likeness (QED) is 0.742. The molecule has 138 valence electrons. The number of rotatable bonds is 7. The highest BCUT2D eigenvalue weighted by molar-refractivity contribution is 9.10. The molecular formula is C21H25BrN2O2. The van der Waals surface area contributed by atoms with E-state index in [1.54, 1.807) is 7.11 Å². The van der Waals surface area contributed by atoms with Crippen molar-refractivity contribution in [3.05, 3.63) is 64.1 Å². The summed E-state index contributed by atoms with van der Waals surface area (Å²) in [6.45, 7) is 2.79. The van der Waals surface area contributed by atoms with Crippen LogP contribution in [0.1, 0.15) is 30.0 Å². The fourth-order valence-corrected chi connectivity index (χ4v) is 3.66. The van der Waals surface area contributed by atoms with Crippen molar-refractivity contribution in [2.24, 2.45) is 0 Å². The van der Waals surface area contributed by atoms with Gasteiger partial charge in [-0.05, 0) is 61.3 Å². The molecule has 1 aliphatic rings. The van der Waals surface area contributed by atoms with E-state index in [9.17, 15) is 4.79 Å². The van der Waals surface area contributed by atoms with Gasteiger partial charge >= 0.3 is 0 Å². The fraction of sp³-hybridized carbons (Fsp3) is 0.381. The van der Waals surface area contributed by atoms with Crippen molar-refractivity contribution in [1.82, 2.24) is 10.2 Å². The number of benzene rings is 2. The maximum absolute atomic E-state index is 12.4. The zero-order valence-electron chi connectivity index (χ0n) is 15.1. The van der Waals surface area contributed by atoms with Gasteiger partial charge < -0.3 is 10.1 Å². The summed E-state index contributed by atoms with van der Waals surface area (Å²) in [5.41, 5.74) is 2.24. The molecule has 0 radical (unpaired) electrons. The number of amides is 1. The Hall–Kier alpha value is -1.85. The molecule has 0 bridgehead atoms. The van der Waals surface area contributed by atoms with E-state index >= 15 is 0 Å². The van der Waals surface area contributed by atoms with Crippen LogP contribution in [0.4, 0.5) is 0 Å². The molecule has 1 saturated heterocycles. The average Bonchev–Trinajstić information content (AvgIpc) is 3.19. The fourth-order valence-electron chi connectivity index (χ4n) is 3.40. The maximum atomic E-state index is 12.4. The lowest BCUT2D eigenvalue weighted by molar-refractivity contribution is -0.120. The Labute approximate surface area is 163 Å². The molecule has 3 rings (SSSR count). The second-order valence-corrected chi connectivity index (χ2v) is 7.56. The van der Waals surface area contributed by atoms with Gasteiger partial charge in [-0.25, -0.2) is 0 Å². The third kappa shape index (κ3) is 5.08. The number of nitrogens with one attached hydrogen (secondary N) is 1. The van der Waals surface area contributed by atoms with Crippen LogP contribution < -0.4 is 10.1 Å². The van der Waals surface area contributed by atoms with E-state index in [0.717, 1.165) is 28.9 Å². The monoisotopic (exact) mass is 416 g/mol. The zero-order valence-corrected chi connectivity index (χ0v) is 16.7. The van der Waals surface area contributed by atoms with Crippen LogP contribution in [0.3, 0.4) is 0 Å². The Morgan fingerprint density at radius 3 is 2.38 bits per heavy atom. The molecule has 1 heterocycles. The molecule has 0 aromatic heterocycles. The molecule has 1 fully saturated rings. The molecule has 1 amide bonds. The normalized spacial score (nSPS) is 15.6. The molecule has 1 aliphatic heterocycles. The number of ether oxygens (including phenoxy) is 1. The van der Waals surface area contributed by atoms with E-state index in [1.165, 1.54) is 18.4 Å². The first-order chi connectivity index (χ1) is 12.7. The van der Waals surface area contributed by atoms with Crippen LogP contribution in [0.25, 0.3) is 0 Å². The molecule has 0 aliphatic carbocycles. The minimum atomic E-state index is 0.0602. The molecule has 1 unspecified atom stereocenters. The van der Waals surface area contributed by atoms with Crippen molar-refractivity contribution < 1.29 is 9.53 Å². The van der Waals surface area contributed by atoms with Crippen molar-refractivity contribution in [2.45, 2.75) is 25.3 Å². The number of halogens is 1. The highest BCUT2D eigenvalue weighted by Crippen LogP contribution is 2.26. The van der Waals surface area contributed by atoms with Gasteiger partial charge in [-0.3, -0.25) is 9.69 Å². The summed E-state index contributed by atoms with van der Waals surface area (Å²) in [4.78, 5) is 14.8. The summed E-state index contributed by atoms with van der Waals surface area (Å²) in [5, 5.41) is 3.13. The number of carbonyl (C=O) groups is 1. The largest absolute Gasteiger partial charge is 0.497 e. The molecular weight excluding hydrogens is 392 g/mol. The Morgan fingerprint density at radius 2 is 1.77 bits per heavy atom. The molecule has 26 heavy (non-hydrogen) atoms. The van der Waals surface area contributed by atoms with Gasteiger partial charge in [0.15, 0.2) is 0 Å². The van der Waals surface area contributed by atoms with Crippen LogP contribution in [0.15, 0.2) is 53.0 Å². The van der Waals surface area contributed by atoms with Crippen molar-refractivity contribution in [2.75, 3.05) is 26.7 Å². The van der Waals surface area contributed by atoms with Crippen molar-refractivity contribution >= 4 is 21.8 Å². The SMILES string of the molecule is COc1ccc(C(CNC(=O)Cc2ccc(Br)cc2)N2CCCC2)cc1. The van der Waals surface area contributed by atoms with E-state index in [2.05, 4.69) is 38.3 Å². The van der Waals surface area contributed by atoms with Gasteiger partial charge in [0.05, 0.1) is 19.6 Å². The molecule has 5 heteroatoms. The summed E-state index contributed by atoms with van der Waals surface area (Å²) < 4.78 is 6.28. The molecule has 1 atom stereocenters. The second kappa shape index (κ2) is 9.19. The predicted molar refractivity (Wildman–Crippen MR) is 107 cm³/mol. The van der Waals surface area contributed by atoms with Crippen LogP contribution in [0, 0.1) is 0 Å². The third-order valence-corrected chi connectivity index (χ3v) is 5.38. The Bertz CT molecular complexity index is 710. The first kappa shape index (κ1) is 18.9. The van der Waals surface area contributed by atoms with Gasteiger partial charge in [0, 0.05) is 11.0 Å². The zero-order chi connectivity index (χ0) is 18.4. The Kier molecular flexibility index (Phi) is 6.69. The highest BCUT2D eigenvalue weighted by atomic mass is 79.9. The predicted octanol–water partition coefficient (Wildman–Crippen LogP) is 3.95. The van der Waals surface area contributed by atoms with Crippen molar-refractivity contribution in [3.63, 3.8) is 0 Å². The molecule has 1 N–H and O–H groups in total. The molecule has 0 spiro atoms. The van der Waals surface area contributed by atoms with Crippen LogP contribution in [0.5, 0.6) is 5.75 Å². The van der Waals surface area contributed by atoms with Gasteiger partial charge in [-0.2, -0.15) is 0 Å². The standard InChI is InChI=1S/C21H25BrN2O2/c1-26-19-10-6-17(7-11-19)20(24-12-2-3-13-24)15-23-21(25)14-16-4-8-18(22)9-5-16/h4-11,20H,2-3,12-15H2,1H3,(H,23,25). The highest BCUT2D eigenvalue weighted by Gasteiger charge is 2.24. The van der Waals surface area contributed by atoms with Crippen molar-refractivity contribution in [3.8, 4) is 5.75 Å². The minimum Gasteiger partial charge on any atom is -0.497 e. The number of hydrogen-bond acceptors (Lipinski definition) is 3. The van der Waals surface area contributed by atoms with E-state index < -0.39 is 0 Å². The first-order valence-corrected chi connectivity index (χ1v) is 9.84. The lowest BCUT2D eigenvalue weighted by Crippen LogP contribution is -2.37. The van der Waals surface area contributed by atoms with Gasteiger partial charge in [0.2, 0.25) is 5.91 Å². The van der Waals surface area contributed by atoms with E-state index in [0.29, 0.717) is 13.0 Å². The van der Waals surface area contributed by atoms with Crippen LogP contribution in [0.2, 0.25) is 0 Å². The van der Waals surface area contributed by atoms with Gasteiger partial charge in [0.1, 0.15) is 5.75 Å². The third-order valence-electron chi connectivity index (χ3n) is 4.85. The number of likely N-dealkylation sites (tertiary alicyclic amines) is 1. The summed E-state index contributed by atoms with van der Waals surface area (Å²) in [6.07, 6.45) is 2.85. The van der Waals surface area contributed by atoms with Gasteiger partial charge in [-0.1, -0.05) is 40.2 Å². The van der Waals surface area contributed by atoms with E-state index in [1.807, 2.05) is 36.4 Å². The van der Waals surface area contributed by atoms with E-state index in [-0.39, 0.29) is 11.9 Å². The summed E-state index contributed by atoms with van der Waals surface area (Å²) >= 11 is 3.42. The molecule has 2 aromatic carbocycles. The van der Waals surface area contributed by atoms with Crippen LogP contribution >= 0.6 is 15.9 Å². The van der Waals surface area contributed by atoms with Gasteiger partial charge in [0.25, 0.3) is 0 Å². The number of carbonyl (C=O) groups excluding carboxylic acids is 1. The molecule has 4 nitrogen and oxygen atoms in total. The van der Waals surface area contributed by atoms with Gasteiger partial charge in [-0.15, -0.1) is 0 Å². The Morgan fingerprint density at radius 1 is 1.12 bits per heavy atom. The van der Waals surface area contributed by atoms with Crippen molar-refractivity contribution in [1.29, 1.82) is 0 Å². The number of nitrogens with zero attached hydrogens (tertiary/aromatic N) is 1. The molecule has 2 aromatic rings. The minimum absolute atomic E-state index is 0.0602. The topological polar surface area (TPSA) is 41.6 Å². The lowest BCUT2D eigenvalue weighted by Gasteiger charge is -2.28. The summed E-state index contributed by atoms with van der Waals surface area (Å²) in [5.74, 6) is 0.915. The maximum Gasteiger partial charge on any atom is 0.224 e. The second-order valence-electron chi connectivity index (χ2n) is 6.64. The molecule has 0 saturated carbocycles. The lowest BCUT2D eigenvalue weighted by atomic mass is 10.0. The number of methoxy groups -OCH3 is 1. The van der Waals surface area contributed by atoms with Crippen LogP contribution in [-0.2, 0) is 11.2 Å².